The highest BCUT2D eigenvalue weighted by atomic mass is 32.2. The van der Waals surface area contributed by atoms with E-state index in [4.69, 9.17) is 16.7 Å². The van der Waals surface area contributed by atoms with Crippen LogP contribution in [-0.4, -0.2) is 18.5 Å². The normalized spacial score (nSPS) is 8.95. The van der Waals surface area contributed by atoms with E-state index in [0.717, 1.165) is 12.1 Å². The van der Waals surface area contributed by atoms with Crippen molar-refractivity contribution in [1.82, 2.24) is 0 Å². The van der Waals surface area contributed by atoms with Gasteiger partial charge >= 0.3 is 5.97 Å². The van der Waals surface area contributed by atoms with Gasteiger partial charge in [0.05, 0.1) is 5.69 Å². The predicted molar refractivity (Wildman–Crippen MR) is 73.1 cm³/mol. The van der Waals surface area contributed by atoms with Gasteiger partial charge in [-0.25, -0.2) is 9.18 Å². The second-order valence-electron chi connectivity index (χ2n) is 2.99. The third-order valence-corrected chi connectivity index (χ3v) is 2.55. The molecule has 1 aromatic carbocycles. The number of hydrogen-bond acceptors (Lipinski definition) is 7. The Morgan fingerprint density at radius 2 is 2.05 bits per heavy atom. The third-order valence-electron chi connectivity index (χ3n) is 1.90. The summed E-state index contributed by atoms with van der Waals surface area (Å²) in [6, 6.07) is 1.89. The fourth-order valence-corrected chi connectivity index (χ4v) is 1.66. The summed E-state index contributed by atoms with van der Waals surface area (Å²) in [7, 11) is 0. The summed E-state index contributed by atoms with van der Waals surface area (Å²) >= 11 is 0.539. The molecule has 1 rings (SSSR count). The first kappa shape index (κ1) is 17.9. The fourth-order valence-electron chi connectivity index (χ4n) is 1.13. The highest BCUT2D eigenvalue weighted by Gasteiger charge is 2.23. The quantitative estimate of drug-likeness (QED) is 0.165. The van der Waals surface area contributed by atoms with Gasteiger partial charge in [0.2, 0.25) is 0 Å². The monoisotopic (exact) mass is 299 g/mol. The molecule has 0 aliphatic heterocycles. The Bertz CT molecular complexity index is 543. The van der Waals surface area contributed by atoms with Crippen molar-refractivity contribution in [3.8, 4) is 5.40 Å². The maximum atomic E-state index is 13.2. The molecule has 6 nitrogen and oxygen atoms in total. The van der Waals surface area contributed by atoms with E-state index in [-0.39, 0.29) is 16.1 Å². The van der Waals surface area contributed by atoms with Crippen LogP contribution in [0.3, 0.4) is 0 Å². The molecular formula is C12H14FN3O3S. The minimum atomic E-state index is -1.19. The van der Waals surface area contributed by atoms with Crippen LogP contribution in [0.25, 0.3) is 0 Å². The summed E-state index contributed by atoms with van der Waals surface area (Å²) in [5.74, 6) is -3.01. The van der Waals surface area contributed by atoms with Crippen molar-refractivity contribution in [3.63, 3.8) is 0 Å². The van der Waals surface area contributed by atoms with Crippen LogP contribution in [0.4, 0.5) is 10.1 Å². The second-order valence-corrected chi connectivity index (χ2v) is 3.82. The molecule has 0 saturated carbocycles. The van der Waals surface area contributed by atoms with Crippen molar-refractivity contribution in [2.75, 3.05) is 12.5 Å². The molecule has 0 heterocycles. The molecular weight excluding hydrogens is 285 g/mol. The van der Waals surface area contributed by atoms with Crippen molar-refractivity contribution >= 4 is 29.2 Å². The minimum Gasteiger partial charge on any atom is -0.444 e. The molecule has 0 radical (unpaired) electrons. The van der Waals surface area contributed by atoms with Gasteiger partial charge in [-0.05, 0) is 23.9 Å². The topological polar surface area (TPSA) is 119 Å². The number of carbonyl (C=O) groups is 2. The van der Waals surface area contributed by atoms with Gasteiger partial charge in [-0.3, -0.25) is 10.5 Å². The van der Waals surface area contributed by atoms with E-state index in [0.29, 0.717) is 11.8 Å². The second kappa shape index (κ2) is 8.90. The van der Waals surface area contributed by atoms with Crippen LogP contribution in [0, 0.1) is 16.5 Å². The van der Waals surface area contributed by atoms with Crippen molar-refractivity contribution in [2.24, 2.45) is 5.73 Å². The number of nitrogens with zero attached hydrogens (tertiary/aromatic N) is 1. The molecule has 4 N–H and O–H groups in total. The molecule has 1 aromatic rings. The van der Waals surface area contributed by atoms with E-state index in [1.807, 2.05) is 13.8 Å². The average molecular weight is 299 g/mol. The largest absolute Gasteiger partial charge is 0.444 e. The summed E-state index contributed by atoms with van der Waals surface area (Å²) < 4.78 is 17.5. The molecule has 0 aliphatic carbocycles. The molecule has 0 atom stereocenters. The lowest BCUT2D eigenvalue weighted by atomic mass is 10.1. The number of nitrogen functional groups attached to an aromatic ring is 1. The lowest BCUT2D eigenvalue weighted by Gasteiger charge is -2.06. The summed E-state index contributed by atoms with van der Waals surface area (Å²) in [5, 5.41) is 10.2. The van der Waals surface area contributed by atoms with Crippen LogP contribution in [0.1, 0.15) is 24.2 Å². The number of rotatable bonds is 4. The molecule has 0 bridgehead atoms. The number of carbonyl (C=O) groups excluding carboxylic acids is 2. The number of benzene rings is 1. The Hall–Kier alpha value is -2.11. The van der Waals surface area contributed by atoms with E-state index in [2.05, 4.69) is 4.74 Å². The van der Waals surface area contributed by atoms with Crippen LogP contribution < -0.4 is 11.5 Å². The Morgan fingerprint density at radius 3 is 2.55 bits per heavy atom. The third kappa shape index (κ3) is 4.53. The van der Waals surface area contributed by atoms with Crippen LogP contribution in [0.15, 0.2) is 17.0 Å². The number of ether oxygens (including phenoxy) is 1. The van der Waals surface area contributed by atoms with E-state index in [9.17, 15) is 14.0 Å². The maximum Gasteiger partial charge on any atom is 0.381 e. The molecule has 0 aromatic heterocycles. The van der Waals surface area contributed by atoms with Crippen LogP contribution in [0.2, 0.25) is 0 Å². The molecule has 20 heavy (non-hydrogen) atoms. The number of anilines is 1. The molecule has 0 spiro atoms. The van der Waals surface area contributed by atoms with Crippen molar-refractivity contribution in [1.29, 1.82) is 5.26 Å². The number of thioether (sulfide) groups is 1. The maximum absolute atomic E-state index is 13.2. The summed E-state index contributed by atoms with van der Waals surface area (Å²) in [6.45, 7) is 3.54. The zero-order valence-corrected chi connectivity index (χ0v) is 11.8. The molecule has 108 valence electrons. The SMILES string of the molecule is CC.N#CSc1cc(F)c(N)cc1C(=O)C(=O)OCN. The molecule has 8 heteroatoms. The number of Topliss-reactive ketones (excluding diaryl/α,β-unsaturated/α-hetero) is 1. The Kier molecular flexibility index (Phi) is 7.96. The lowest BCUT2D eigenvalue weighted by Crippen LogP contribution is -2.21. The minimum absolute atomic E-state index is 0.0110. The lowest BCUT2D eigenvalue weighted by molar-refractivity contribution is -0.137. The van der Waals surface area contributed by atoms with Crippen LogP contribution >= 0.6 is 11.8 Å². The van der Waals surface area contributed by atoms with Crippen molar-refractivity contribution < 1.29 is 18.7 Å². The number of nitriles is 1. The zero-order chi connectivity index (χ0) is 15.7. The summed E-state index contributed by atoms with van der Waals surface area (Å²) in [5.41, 5.74) is 9.76. The standard InChI is InChI=1S/C10H8FN3O3S.C2H6/c11-6-2-8(18-4-13)5(1-7(6)14)9(15)10(16)17-3-12;1-2/h1-2H,3,12,14H2;1-2H3. The molecule has 0 fully saturated rings. The number of nitrogens with two attached hydrogens (primary N) is 2. The van der Waals surface area contributed by atoms with Crippen LogP contribution in [0.5, 0.6) is 0 Å². The first-order valence-electron chi connectivity index (χ1n) is 5.57. The van der Waals surface area contributed by atoms with E-state index < -0.39 is 24.3 Å². The Morgan fingerprint density at radius 1 is 1.45 bits per heavy atom. The van der Waals surface area contributed by atoms with Gasteiger partial charge < -0.3 is 10.5 Å². The van der Waals surface area contributed by atoms with E-state index in [1.54, 1.807) is 5.40 Å². The number of halogens is 1. The predicted octanol–water partition coefficient (Wildman–Crippen LogP) is 1.65. The van der Waals surface area contributed by atoms with E-state index >= 15 is 0 Å². The van der Waals surface area contributed by atoms with Crippen molar-refractivity contribution in [3.05, 3.63) is 23.5 Å². The Labute approximate surface area is 119 Å². The molecule has 0 unspecified atom stereocenters. The van der Waals surface area contributed by atoms with Gasteiger partial charge in [0.25, 0.3) is 5.78 Å². The summed E-state index contributed by atoms with van der Waals surface area (Å²) in [6.07, 6.45) is 0. The van der Waals surface area contributed by atoms with Gasteiger partial charge in [0.15, 0.2) is 0 Å². The van der Waals surface area contributed by atoms with Gasteiger partial charge in [-0.15, -0.1) is 0 Å². The number of thiocyanates is 1. The highest BCUT2D eigenvalue weighted by Crippen LogP contribution is 2.27. The number of ketones is 1. The van der Waals surface area contributed by atoms with Gasteiger partial charge in [-0.2, -0.15) is 5.26 Å². The van der Waals surface area contributed by atoms with Crippen LogP contribution in [-0.2, 0) is 9.53 Å². The fraction of sp³-hybridized carbons (Fsp3) is 0.250. The highest BCUT2D eigenvalue weighted by molar-refractivity contribution is 8.03. The summed E-state index contributed by atoms with van der Waals surface area (Å²) in [4.78, 5) is 22.9. The van der Waals surface area contributed by atoms with E-state index in [1.165, 1.54) is 0 Å². The zero-order valence-electron chi connectivity index (χ0n) is 11.0. The first-order chi connectivity index (χ1) is 9.51. The van der Waals surface area contributed by atoms with Crippen molar-refractivity contribution in [2.45, 2.75) is 18.7 Å². The van der Waals surface area contributed by atoms with Gasteiger partial charge in [0, 0.05) is 10.5 Å². The first-order valence-corrected chi connectivity index (χ1v) is 6.39. The number of hydrogen-bond donors (Lipinski definition) is 2. The molecule has 0 amide bonds. The molecule has 0 saturated heterocycles. The van der Waals surface area contributed by atoms with Gasteiger partial charge in [-0.1, -0.05) is 13.8 Å². The number of esters is 1. The smallest absolute Gasteiger partial charge is 0.381 e. The average Bonchev–Trinajstić information content (AvgIpc) is 2.44. The molecule has 0 aliphatic rings. The Balaban J connectivity index is 0.00000172. The van der Waals surface area contributed by atoms with Gasteiger partial charge in [0.1, 0.15) is 17.9 Å².